The van der Waals surface area contributed by atoms with Gasteiger partial charge in [-0.2, -0.15) is 0 Å². The van der Waals surface area contributed by atoms with E-state index < -0.39 is 0 Å². The maximum Gasteiger partial charge on any atom is 0.289 e. The zero-order valence-electron chi connectivity index (χ0n) is 15.0. The van der Waals surface area contributed by atoms with Gasteiger partial charge in [-0.3, -0.25) is 4.79 Å². The second-order valence-corrected chi connectivity index (χ2v) is 6.28. The second kappa shape index (κ2) is 8.33. The number of oxazole rings is 1. The summed E-state index contributed by atoms with van der Waals surface area (Å²) < 4.78 is 17.0. The molecule has 140 valence electrons. The zero-order valence-corrected chi connectivity index (χ0v) is 15.0. The van der Waals surface area contributed by atoms with E-state index in [1.54, 1.807) is 31.2 Å². The normalized spacial score (nSPS) is 20.0. The molecule has 2 unspecified atom stereocenters. The minimum atomic E-state index is -0.304. The first kappa shape index (κ1) is 18.4. The van der Waals surface area contributed by atoms with Crippen LogP contribution in [0.25, 0.3) is 0 Å². The lowest BCUT2D eigenvalue weighted by molar-refractivity contribution is -0.0137. The molecule has 1 saturated heterocycles. The number of carbonyl (C=O) groups is 1. The van der Waals surface area contributed by atoms with Crippen molar-refractivity contribution in [1.29, 1.82) is 0 Å². The van der Waals surface area contributed by atoms with Crippen LogP contribution in [0.5, 0.6) is 5.75 Å². The molecule has 1 aliphatic heterocycles. The van der Waals surface area contributed by atoms with Gasteiger partial charge >= 0.3 is 0 Å². The van der Waals surface area contributed by atoms with Gasteiger partial charge in [-0.05, 0) is 31.0 Å². The van der Waals surface area contributed by atoms with Crippen LogP contribution in [0, 0.1) is 6.92 Å². The van der Waals surface area contributed by atoms with Crippen molar-refractivity contribution in [2.24, 2.45) is 0 Å². The van der Waals surface area contributed by atoms with E-state index in [-0.39, 0.29) is 30.4 Å². The third-order valence-electron chi connectivity index (χ3n) is 4.36. The fourth-order valence-electron chi connectivity index (χ4n) is 2.89. The van der Waals surface area contributed by atoms with Gasteiger partial charge in [0.15, 0.2) is 5.89 Å². The fraction of sp³-hybridized carbons (Fsp3) is 0.474. The quantitative estimate of drug-likeness (QED) is 0.818. The van der Waals surface area contributed by atoms with Crippen LogP contribution in [0.1, 0.15) is 41.0 Å². The fourth-order valence-corrected chi connectivity index (χ4v) is 2.89. The van der Waals surface area contributed by atoms with Crippen LogP contribution in [-0.2, 0) is 17.8 Å². The number of aromatic nitrogens is 1. The Hall–Kier alpha value is -2.38. The topological polar surface area (TPSA) is 93.8 Å². The number of aliphatic hydroxyl groups excluding tert-OH is 1. The predicted octanol–water partition coefficient (Wildman–Crippen LogP) is 2.00. The molecule has 7 nitrogen and oxygen atoms in total. The van der Waals surface area contributed by atoms with Crippen LogP contribution < -0.4 is 10.1 Å². The number of hydrogen-bond acceptors (Lipinski definition) is 6. The van der Waals surface area contributed by atoms with E-state index in [0.717, 1.165) is 5.56 Å². The van der Waals surface area contributed by atoms with Gasteiger partial charge in [0, 0.05) is 13.0 Å². The SMILES string of the molecule is CCc1nc(C)c(C(=O)NC2CCOCC2Oc2ccc(CO)cc2)o1. The molecule has 1 aromatic carbocycles. The molecule has 0 aliphatic carbocycles. The highest BCUT2D eigenvalue weighted by molar-refractivity contribution is 5.92. The number of nitrogens with one attached hydrogen (secondary N) is 1. The first-order valence-corrected chi connectivity index (χ1v) is 8.82. The molecule has 26 heavy (non-hydrogen) atoms. The van der Waals surface area contributed by atoms with Crippen molar-refractivity contribution in [3.63, 3.8) is 0 Å². The summed E-state index contributed by atoms with van der Waals surface area (Å²) in [4.78, 5) is 16.8. The lowest BCUT2D eigenvalue weighted by Crippen LogP contribution is -2.51. The lowest BCUT2D eigenvalue weighted by atomic mass is 10.1. The highest BCUT2D eigenvalue weighted by Crippen LogP contribution is 2.19. The molecule has 2 heterocycles. The molecule has 1 fully saturated rings. The summed E-state index contributed by atoms with van der Waals surface area (Å²) in [6, 6.07) is 7.01. The van der Waals surface area contributed by atoms with Crippen LogP contribution in [-0.4, -0.2) is 41.4 Å². The Bertz CT molecular complexity index is 741. The first-order chi connectivity index (χ1) is 12.6. The van der Waals surface area contributed by atoms with Gasteiger partial charge in [0.2, 0.25) is 5.76 Å². The summed E-state index contributed by atoms with van der Waals surface area (Å²) >= 11 is 0. The summed E-state index contributed by atoms with van der Waals surface area (Å²) in [6.45, 7) is 4.63. The van der Waals surface area contributed by atoms with E-state index >= 15 is 0 Å². The van der Waals surface area contributed by atoms with Crippen molar-refractivity contribution in [2.45, 2.75) is 45.4 Å². The molecule has 0 bridgehead atoms. The molecular weight excluding hydrogens is 336 g/mol. The van der Waals surface area contributed by atoms with Crippen molar-refractivity contribution < 1.29 is 23.8 Å². The Morgan fingerprint density at radius 1 is 1.38 bits per heavy atom. The molecule has 0 saturated carbocycles. The van der Waals surface area contributed by atoms with Crippen LogP contribution in [0.4, 0.5) is 0 Å². The number of hydrogen-bond donors (Lipinski definition) is 2. The predicted molar refractivity (Wildman–Crippen MR) is 94.1 cm³/mol. The van der Waals surface area contributed by atoms with Crippen molar-refractivity contribution in [1.82, 2.24) is 10.3 Å². The molecular formula is C19H24N2O5. The summed E-state index contributed by atoms with van der Waals surface area (Å²) in [7, 11) is 0. The van der Waals surface area contributed by atoms with E-state index in [1.807, 2.05) is 6.92 Å². The van der Waals surface area contributed by atoms with Crippen LogP contribution in [0.3, 0.4) is 0 Å². The van der Waals surface area contributed by atoms with Gasteiger partial charge in [-0.1, -0.05) is 19.1 Å². The number of rotatable bonds is 6. The Morgan fingerprint density at radius 3 is 2.81 bits per heavy atom. The monoisotopic (exact) mass is 360 g/mol. The largest absolute Gasteiger partial charge is 0.486 e. The van der Waals surface area contributed by atoms with Crippen LogP contribution in [0.15, 0.2) is 28.7 Å². The van der Waals surface area contributed by atoms with Gasteiger partial charge in [0.1, 0.15) is 11.9 Å². The molecule has 3 rings (SSSR count). The Labute approximate surface area is 152 Å². The Balaban J connectivity index is 1.67. The number of amides is 1. The zero-order chi connectivity index (χ0) is 18.5. The first-order valence-electron chi connectivity index (χ1n) is 8.82. The molecule has 7 heteroatoms. The highest BCUT2D eigenvalue weighted by Gasteiger charge is 2.30. The van der Waals surface area contributed by atoms with Gasteiger partial charge in [-0.15, -0.1) is 0 Å². The van der Waals surface area contributed by atoms with Crippen molar-refractivity contribution in [3.8, 4) is 5.75 Å². The minimum Gasteiger partial charge on any atom is -0.486 e. The minimum absolute atomic E-state index is 0.0121. The summed E-state index contributed by atoms with van der Waals surface area (Å²) in [5, 5.41) is 12.1. The number of aryl methyl sites for hydroxylation is 2. The van der Waals surface area contributed by atoms with E-state index in [4.69, 9.17) is 19.0 Å². The highest BCUT2D eigenvalue weighted by atomic mass is 16.5. The van der Waals surface area contributed by atoms with Crippen LogP contribution >= 0.6 is 0 Å². The molecule has 0 spiro atoms. The van der Waals surface area contributed by atoms with Gasteiger partial charge in [0.05, 0.1) is 24.9 Å². The average Bonchev–Trinajstić information content (AvgIpc) is 3.05. The number of ether oxygens (including phenoxy) is 2. The van der Waals surface area contributed by atoms with E-state index in [0.29, 0.717) is 43.4 Å². The number of aliphatic hydroxyl groups is 1. The maximum absolute atomic E-state index is 12.6. The van der Waals surface area contributed by atoms with Crippen molar-refractivity contribution in [2.75, 3.05) is 13.2 Å². The van der Waals surface area contributed by atoms with Crippen LogP contribution in [0.2, 0.25) is 0 Å². The van der Waals surface area contributed by atoms with Crippen molar-refractivity contribution >= 4 is 5.91 Å². The van der Waals surface area contributed by atoms with Gasteiger partial charge in [-0.25, -0.2) is 4.98 Å². The molecule has 0 radical (unpaired) electrons. The second-order valence-electron chi connectivity index (χ2n) is 6.28. The third-order valence-corrected chi connectivity index (χ3v) is 4.36. The van der Waals surface area contributed by atoms with E-state index in [2.05, 4.69) is 10.3 Å². The summed E-state index contributed by atoms with van der Waals surface area (Å²) in [5.41, 5.74) is 1.40. The average molecular weight is 360 g/mol. The lowest BCUT2D eigenvalue weighted by Gasteiger charge is -2.32. The molecule has 2 N–H and O–H groups in total. The molecule has 2 aromatic rings. The van der Waals surface area contributed by atoms with Crippen molar-refractivity contribution in [3.05, 3.63) is 47.2 Å². The van der Waals surface area contributed by atoms with Gasteiger partial charge in [0.25, 0.3) is 5.91 Å². The molecule has 1 aliphatic rings. The molecule has 1 aromatic heterocycles. The Morgan fingerprint density at radius 2 is 2.15 bits per heavy atom. The molecule has 2 atom stereocenters. The smallest absolute Gasteiger partial charge is 0.289 e. The standard InChI is InChI=1S/C19H24N2O5/c1-3-17-20-12(2)18(26-17)19(23)21-15-8-9-24-11-16(15)25-14-6-4-13(10-22)5-7-14/h4-7,15-16,22H,3,8-11H2,1-2H3,(H,21,23). The summed E-state index contributed by atoms with van der Waals surface area (Å²) in [5.74, 6) is 1.18. The third kappa shape index (κ3) is 4.23. The summed E-state index contributed by atoms with van der Waals surface area (Å²) in [6.07, 6.45) is 0.987. The maximum atomic E-state index is 12.6. The van der Waals surface area contributed by atoms with E-state index in [9.17, 15) is 4.79 Å². The number of nitrogens with zero attached hydrogens (tertiary/aromatic N) is 1. The van der Waals surface area contributed by atoms with Gasteiger partial charge < -0.3 is 24.3 Å². The number of benzene rings is 1. The molecule has 1 amide bonds. The Kier molecular flexibility index (Phi) is 5.90. The van der Waals surface area contributed by atoms with E-state index in [1.165, 1.54) is 0 Å². The number of carbonyl (C=O) groups excluding carboxylic acids is 1.